The molecule has 0 saturated heterocycles. The maximum absolute atomic E-state index is 12.1. The van der Waals surface area contributed by atoms with Crippen LogP contribution in [0.4, 0.5) is 5.69 Å². The molecular formula is C19H15N3O3. The van der Waals surface area contributed by atoms with Crippen LogP contribution in [0.2, 0.25) is 0 Å². The molecule has 0 aliphatic rings. The van der Waals surface area contributed by atoms with Crippen LogP contribution in [-0.2, 0) is 0 Å². The molecule has 0 N–H and O–H groups in total. The van der Waals surface area contributed by atoms with Gasteiger partial charge in [0.25, 0.3) is 5.69 Å². The van der Waals surface area contributed by atoms with E-state index in [1.165, 1.54) is 19.1 Å². The Labute approximate surface area is 144 Å². The van der Waals surface area contributed by atoms with Gasteiger partial charge in [-0.2, -0.15) is 0 Å². The van der Waals surface area contributed by atoms with E-state index in [4.69, 9.17) is 0 Å². The molecule has 0 atom stereocenters. The summed E-state index contributed by atoms with van der Waals surface area (Å²) < 4.78 is 0. The van der Waals surface area contributed by atoms with Crippen molar-refractivity contribution in [2.24, 2.45) is 0 Å². The predicted molar refractivity (Wildman–Crippen MR) is 94.3 cm³/mol. The number of Topliss-reactive ketones (excluding diaryl/α,β-unsaturated/α-hetero) is 1. The summed E-state index contributed by atoms with van der Waals surface area (Å²) in [4.78, 5) is 31.5. The zero-order valence-corrected chi connectivity index (χ0v) is 13.8. The number of hydrogen-bond acceptors (Lipinski definition) is 5. The van der Waals surface area contributed by atoms with E-state index in [-0.39, 0.29) is 11.5 Å². The zero-order chi connectivity index (χ0) is 18.0. The van der Waals surface area contributed by atoms with Crippen LogP contribution in [0.1, 0.15) is 23.0 Å². The van der Waals surface area contributed by atoms with E-state index >= 15 is 0 Å². The number of rotatable bonds is 4. The van der Waals surface area contributed by atoms with Crippen LogP contribution in [0.3, 0.4) is 0 Å². The number of benzene rings is 2. The second kappa shape index (κ2) is 6.60. The fraction of sp³-hybridized carbons (Fsp3) is 0.105. The van der Waals surface area contributed by atoms with Crippen LogP contribution in [0.15, 0.2) is 54.6 Å². The number of non-ortho nitro benzene ring substituents is 1. The topological polar surface area (TPSA) is 86.0 Å². The first-order valence-corrected chi connectivity index (χ1v) is 7.67. The molecule has 3 rings (SSSR count). The summed E-state index contributed by atoms with van der Waals surface area (Å²) >= 11 is 0. The van der Waals surface area contributed by atoms with Crippen LogP contribution in [-0.4, -0.2) is 20.7 Å². The number of carbonyl (C=O) groups is 1. The zero-order valence-electron chi connectivity index (χ0n) is 13.8. The maximum Gasteiger partial charge on any atom is 0.269 e. The van der Waals surface area contributed by atoms with E-state index in [1.807, 2.05) is 30.3 Å². The van der Waals surface area contributed by atoms with E-state index in [0.717, 1.165) is 5.56 Å². The predicted octanol–water partition coefficient (Wildman–Crippen LogP) is 4.23. The van der Waals surface area contributed by atoms with Gasteiger partial charge < -0.3 is 0 Å². The first kappa shape index (κ1) is 16.4. The molecule has 0 saturated carbocycles. The van der Waals surface area contributed by atoms with Crippen LogP contribution in [0.25, 0.3) is 22.6 Å². The van der Waals surface area contributed by atoms with E-state index < -0.39 is 4.92 Å². The van der Waals surface area contributed by atoms with Crippen molar-refractivity contribution >= 4 is 11.5 Å². The van der Waals surface area contributed by atoms with Gasteiger partial charge in [-0.05, 0) is 26.0 Å². The number of nitrogens with zero attached hydrogens (tertiary/aromatic N) is 3. The molecule has 124 valence electrons. The Morgan fingerprint density at radius 1 is 0.960 bits per heavy atom. The van der Waals surface area contributed by atoms with Crippen molar-refractivity contribution < 1.29 is 9.72 Å². The van der Waals surface area contributed by atoms with Gasteiger partial charge >= 0.3 is 0 Å². The summed E-state index contributed by atoms with van der Waals surface area (Å²) in [6, 6.07) is 15.5. The van der Waals surface area contributed by atoms with Crippen LogP contribution < -0.4 is 0 Å². The molecule has 0 amide bonds. The fourth-order valence-corrected chi connectivity index (χ4v) is 2.66. The van der Waals surface area contributed by atoms with E-state index in [2.05, 4.69) is 9.97 Å². The Balaban J connectivity index is 2.20. The lowest BCUT2D eigenvalue weighted by Gasteiger charge is -2.12. The van der Waals surface area contributed by atoms with Crippen molar-refractivity contribution in [2.45, 2.75) is 13.8 Å². The molecule has 0 fully saturated rings. The highest BCUT2D eigenvalue weighted by molar-refractivity contribution is 6.01. The highest BCUT2D eigenvalue weighted by Gasteiger charge is 2.18. The molecule has 6 nitrogen and oxygen atoms in total. The van der Waals surface area contributed by atoms with Gasteiger partial charge in [0.05, 0.1) is 21.9 Å². The van der Waals surface area contributed by atoms with Crippen LogP contribution in [0, 0.1) is 17.0 Å². The third-order valence-corrected chi connectivity index (χ3v) is 3.83. The lowest BCUT2D eigenvalue weighted by molar-refractivity contribution is -0.384. The van der Waals surface area contributed by atoms with Gasteiger partial charge in [-0.25, -0.2) is 9.97 Å². The summed E-state index contributed by atoms with van der Waals surface area (Å²) in [5, 5.41) is 10.8. The van der Waals surface area contributed by atoms with Crippen LogP contribution in [0.5, 0.6) is 0 Å². The summed E-state index contributed by atoms with van der Waals surface area (Å²) in [5.74, 6) is 0.363. The van der Waals surface area contributed by atoms with Crippen LogP contribution >= 0.6 is 0 Å². The van der Waals surface area contributed by atoms with Gasteiger partial charge in [-0.1, -0.05) is 30.3 Å². The first-order valence-electron chi connectivity index (χ1n) is 7.67. The number of aromatic nitrogens is 2. The Bertz CT molecular complexity index is 952. The Morgan fingerprint density at radius 3 is 2.16 bits per heavy atom. The number of hydrogen-bond donors (Lipinski definition) is 0. The molecular weight excluding hydrogens is 318 g/mol. The van der Waals surface area contributed by atoms with Crippen molar-refractivity contribution in [3.8, 4) is 22.6 Å². The molecule has 6 heteroatoms. The molecule has 0 bridgehead atoms. The average molecular weight is 333 g/mol. The Kier molecular flexibility index (Phi) is 4.35. The third kappa shape index (κ3) is 3.28. The monoisotopic (exact) mass is 333 g/mol. The van der Waals surface area contributed by atoms with Gasteiger partial charge in [0.2, 0.25) is 0 Å². The number of ketones is 1. The molecule has 0 aliphatic carbocycles. The molecule has 0 unspecified atom stereocenters. The molecule has 1 aromatic heterocycles. The average Bonchev–Trinajstić information content (AvgIpc) is 2.61. The third-order valence-electron chi connectivity index (χ3n) is 3.83. The van der Waals surface area contributed by atoms with Crippen molar-refractivity contribution in [3.63, 3.8) is 0 Å². The fourth-order valence-electron chi connectivity index (χ4n) is 2.66. The standard InChI is InChI=1S/C19H15N3O3/c1-12-17(13(2)23)18(14-8-10-16(11-9-14)22(24)25)21-19(20-12)15-6-4-3-5-7-15/h3-11H,1-2H3. The molecule has 25 heavy (non-hydrogen) atoms. The number of nitro groups is 1. The lowest BCUT2D eigenvalue weighted by atomic mass is 10.0. The minimum Gasteiger partial charge on any atom is -0.294 e. The number of nitro benzene ring substituents is 1. The molecule has 0 radical (unpaired) electrons. The highest BCUT2D eigenvalue weighted by atomic mass is 16.6. The molecule has 0 spiro atoms. The quantitative estimate of drug-likeness (QED) is 0.405. The van der Waals surface area contributed by atoms with Gasteiger partial charge in [-0.15, -0.1) is 0 Å². The van der Waals surface area contributed by atoms with E-state index in [1.54, 1.807) is 19.1 Å². The van der Waals surface area contributed by atoms with Gasteiger partial charge in [0.1, 0.15) is 0 Å². The van der Waals surface area contributed by atoms with Crippen molar-refractivity contribution in [1.82, 2.24) is 9.97 Å². The van der Waals surface area contributed by atoms with Gasteiger partial charge in [0, 0.05) is 23.3 Å². The summed E-state index contributed by atoms with van der Waals surface area (Å²) in [7, 11) is 0. The number of aryl methyl sites for hydroxylation is 1. The summed E-state index contributed by atoms with van der Waals surface area (Å²) in [6.45, 7) is 3.22. The largest absolute Gasteiger partial charge is 0.294 e. The van der Waals surface area contributed by atoms with Crippen molar-refractivity contribution in [1.29, 1.82) is 0 Å². The minimum absolute atomic E-state index is 0.0119. The second-order valence-electron chi connectivity index (χ2n) is 5.58. The van der Waals surface area contributed by atoms with Crippen molar-refractivity contribution in [2.75, 3.05) is 0 Å². The Hall–Kier alpha value is -3.41. The van der Waals surface area contributed by atoms with Gasteiger partial charge in [0.15, 0.2) is 11.6 Å². The second-order valence-corrected chi connectivity index (χ2v) is 5.58. The smallest absolute Gasteiger partial charge is 0.269 e. The van der Waals surface area contributed by atoms with E-state index in [0.29, 0.717) is 28.3 Å². The normalized spacial score (nSPS) is 10.5. The molecule has 3 aromatic rings. The first-order chi connectivity index (χ1) is 12.0. The van der Waals surface area contributed by atoms with E-state index in [9.17, 15) is 14.9 Å². The summed E-state index contributed by atoms with van der Waals surface area (Å²) in [5.41, 5.74) is 2.95. The summed E-state index contributed by atoms with van der Waals surface area (Å²) in [6.07, 6.45) is 0. The minimum atomic E-state index is -0.462. The molecule has 0 aliphatic heterocycles. The van der Waals surface area contributed by atoms with Gasteiger partial charge in [-0.3, -0.25) is 14.9 Å². The highest BCUT2D eigenvalue weighted by Crippen LogP contribution is 2.28. The lowest BCUT2D eigenvalue weighted by Crippen LogP contribution is -2.06. The number of carbonyl (C=O) groups excluding carboxylic acids is 1. The molecule has 1 heterocycles. The van der Waals surface area contributed by atoms with Crippen molar-refractivity contribution in [3.05, 3.63) is 76.0 Å². The molecule has 2 aromatic carbocycles. The Morgan fingerprint density at radius 2 is 1.60 bits per heavy atom. The maximum atomic E-state index is 12.1. The SMILES string of the molecule is CC(=O)c1c(C)nc(-c2ccccc2)nc1-c1ccc([N+](=O)[O-])cc1.